The van der Waals surface area contributed by atoms with E-state index in [1.54, 1.807) is 0 Å². The molecule has 4 bridgehead atoms. The van der Waals surface area contributed by atoms with Gasteiger partial charge in [0, 0.05) is 24.5 Å². The van der Waals surface area contributed by atoms with Crippen LogP contribution < -0.4 is 10.6 Å². The van der Waals surface area contributed by atoms with Crippen LogP contribution in [0.1, 0.15) is 48.9 Å². The highest BCUT2D eigenvalue weighted by Crippen LogP contribution is 2.33. The number of carboxylic acids is 2. The van der Waals surface area contributed by atoms with E-state index in [0.717, 1.165) is 87.5 Å². The number of alkyl halides is 6. The van der Waals surface area contributed by atoms with Crippen molar-refractivity contribution in [3.63, 3.8) is 0 Å². The van der Waals surface area contributed by atoms with Crippen molar-refractivity contribution in [1.82, 2.24) is 9.80 Å². The molecule has 4 N–H and O–H groups in total. The van der Waals surface area contributed by atoms with Crippen molar-refractivity contribution in [2.75, 3.05) is 49.9 Å². The molecule has 4 aromatic rings. The Balaban J connectivity index is 0.000000187. The molecule has 64 heavy (non-hydrogen) atoms. The molecule has 4 aromatic carbocycles. The lowest BCUT2D eigenvalue weighted by atomic mass is 9.86. The Hall–Kier alpha value is -6.14. The number of hydrogen-bond donors (Lipinski definition) is 4. The standard InChI is InChI=1S/2C21H24N2O2.2C2HF3O2/c2*24-21(25-19-15-23-13-11-16(19)12-14-23)20(17-7-3-1-4-8-17)22-18-9-5-2-6-10-18;2*3-2(4,5)1(6)7/h2*1-10,16,19-20,22H,11-15H2;2*(H,6,7)/t2*19?,20-;;/m11../s1. The van der Waals surface area contributed by atoms with Gasteiger partial charge in [-0.2, -0.15) is 26.3 Å². The molecule has 6 saturated heterocycles. The van der Waals surface area contributed by atoms with Gasteiger partial charge in [-0.25, -0.2) is 19.2 Å². The molecule has 0 radical (unpaired) electrons. The van der Waals surface area contributed by atoms with Gasteiger partial charge in [-0.05, 0) is 99.1 Å². The zero-order valence-corrected chi connectivity index (χ0v) is 34.6. The third kappa shape index (κ3) is 15.0. The molecular weight excluding hydrogens is 851 g/mol. The first-order chi connectivity index (χ1) is 30.5. The normalized spacial score (nSPS) is 22.8. The van der Waals surface area contributed by atoms with Crippen LogP contribution in [-0.4, -0.2) is 108 Å². The SMILES string of the molecule is O=C(O)C(F)(F)F.O=C(O)C(F)(F)F.O=C(OC1CN2CCC1CC2)[C@H](Nc1ccccc1)c1ccccc1.O=C(OC1CN2CCC1CC2)[C@H](Nc1ccccc1)c1ccccc1. The molecule has 10 rings (SSSR count). The van der Waals surface area contributed by atoms with Crippen LogP contribution in [0.2, 0.25) is 0 Å². The quantitative estimate of drug-likeness (QED) is 0.0895. The Morgan fingerprint density at radius 1 is 0.500 bits per heavy atom. The number of rotatable bonds is 10. The van der Waals surface area contributed by atoms with E-state index in [4.69, 9.17) is 29.3 Å². The van der Waals surface area contributed by atoms with Crippen molar-refractivity contribution in [2.24, 2.45) is 11.8 Å². The predicted molar refractivity (Wildman–Crippen MR) is 224 cm³/mol. The molecule has 18 heteroatoms. The van der Waals surface area contributed by atoms with Gasteiger partial charge >= 0.3 is 36.2 Å². The molecule has 0 saturated carbocycles. The van der Waals surface area contributed by atoms with Crippen LogP contribution in [0.25, 0.3) is 0 Å². The molecule has 6 fully saturated rings. The second-order valence-electron chi connectivity index (χ2n) is 15.5. The van der Waals surface area contributed by atoms with Crippen LogP contribution in [0.5, 0.6) is 0 Å². The molecule has 0 spiro atoms. The number of carbonyl (C=O) groups excluding carboxylic acids is 2. The molecule has 0 amide bonds. The van der Waals surface area contributed by atoms with E-state index in [0.29, 0.717) is 11.8 Å². The van der Waals surface area contributed by atoms with Gasteiger partial charge in [0.25, 0.3) is 0 Å². The summed E-state index contributed by atoms with van der Waals surface area (Å²) in [7, 11) is 0. The Bertz CT molecular complexity index is 1920. The maximum absolute atomic E-state index is 13.0. The number of ether oxygens (including phenoxy) is 2. The summed E-state index contributed by atoms with van der Waals surface area (Å²) in [6.45, 7) is 6.32. The lowest BCUT2D eigenvalue weighted by molar-refractivity contribution is -0.193. The maximum atomic E-state index is 13.0. The maximum Gasteiger partial charge on any atom is 0.490 e. The van der Waals surface area contributed by atoms with Crippen molar-refractivity contribution in [3.05, 3.63) is 132 Å². The number of anilines is 2. The van der Waals surface area contributed by atoms with Crippen molar-refractivity contribution in [2.45, 2.75) is 62.3 Å². The lowest BCUT2D eigenvalue weighted by Crippen LogP contribution is -2.52. The van der Waals surface area contributed by atoms with Gasteiger partial charge in [0.2, 0.25) is 0 Å². The first kappa shape index (κ1) is 48.9. The van der Waals surface area contributed by atoms with Crippen molar-refractivity contribution >= 4 is 35.3 Å². The summed E-state index contributed by atoms with van der Waals surface area (Å²) in [6.07, 6.45) is -5.56. The lowest BCUT2D eigenvalue weighted by Gasteiger charge is -2.44. The highest BCUT2D eigenvalue weighted by molar-refractivity contribution is 5.82. The number of hydrogen-bond acceptors (Lipinski definition) is 10. The zero-order chi connectivity index (χ0) is 46.3. The number of fused-ring (bicyclic) bond motifs is 6. The number of halogens is 6. The van der Waals surface area contributed by atoms with Crippen molar-refractivity contribution in [3.8, 4) is 0 Å². The first-order valence-corrected chi connectivity index (χ1v) is 20.7. The molecule has 2 unspecified atom stereocenters. The number of aliphatic carboxylic acids is 2. The van der Waals surface area contributed by atoms with Crippen LogP contribution in [0.15, 0.2) is 121 Å². The van der Waals surface area contributed by atoms with Gasteiger partial charge < -0.3 is 30.3 Å². The average molecular weight is 901 g/mol. The number of carboxylic acid groups (broad SMARTS) is 2. The summed E-state index contributed by atoms with van der Waals surface area (Å²) in [5, 5.41) is 20.9. The van der Waals surface area contributed by atoms with Gasteiger partial charge in [0.05, 0.1) is 0 Å². The van der Waals surface area contributed by atoms with Crippen LogP contribution >= 0.6 is 0 Å². The van der Waals surface area contributed by atoms with Gasteiger partial charge in [-0.3, -0.25) is 9.80 Å². The van der Waals surface area contributed by atoms with Gasteiger partial charge in [-0.15, -0.1) is 0 Å². The van der Waals surface area contributed by atoms with E-state index in [1.165, 1.54) is 0 Å². The molecule has 6 heterocycles. The number of nitrogens with one attached hydrogen (secondary N) is 2. The number of esters is 2. The van der Waals surface area contributed by atoms with E-state index < -0.39 is 36.4 Å². The van der Waals surface area contributed by atoms with Gasteiger partial charge in [0.1, 0.15) is 12.2 Å². The average Bonchev–Trinajstić information content (AvgIpc) is 3.29. The number of carbonyl (C=O) groups is 4. The van der Waals surface area contributed by atoms with E-state index in [1.807, 2.05) is 121 Å². The number of para-hydroxylation sites is 2. The Morgan fingerprint density at radius 2 is 0.766 bits per heavy atom. The minimum absolute atomic E-state index is 0.0267. The molecule has 6 aliphatic heterocycles. The van der Waals surface area contributed by atoms with Crippen LogP contribution in [-0.2, 0) is 28.7 Å². The zero-order valence-electron chi connectivity index (χ0n) is 34.6. The fourth-order valence-corrected chi connectivity index (χ4v) is 7.77. The van der Waals surface area contributed by atoms with Crippen LogP contribution in [0, 0.1) is 11.8 Å². The third-order valence-corrected chi connectivity index (χ3v) is 11.1. The molecule has 12 nitrogen and oxygen atoms in total. The topological polar surface area (TPSA) is 158 Å². The molecule has 6 aliphatic rings. The highest BCUT2D eigenvalue weighted by Gasteiger charge is 2.40. The first-order valence-electron chi connectivity index (χ1n) is 20.7. The fourth-order valence-electron chi connectivity index (χ4n) is 7.77. The summed E-state index contributed by atoms with van der Waals surface area (Å²) in [5.41, 5.74) is 3.69. The van der Waals surface area contributed by atoms with E-state index in [9.17, 15) is 35.9 Å². The second-order valence-corrected chi connectivity index (χ2v) is 15.5. The van der Waals surface area contributed by atoms with Crippen molar-refractivity contribution < 1.29 is 65.2 Å². The van der Waals surface area contributed by atoms with Crippen LogP contribution in [0.4, 0.5) is 37.7 Å². The Kier molecular flexibility index (Phi) is 17.6. The van der Waals surface area contributed by atoms with Crippen LogP contribution in [0.3, 0.4) is 0 Å². The third-order valence-electron chi connectivity index (χ3n) is 11.1. The fraction of sp³-hybridized carbons (Fsp3) is 0.391. The molecular formula is C46H50F6N4O8. The monoisotopic (exact) mass is 900 g/mol. The minimum Gasteiger partial charge on any atom is -0.475 e. The summed E-state index contributed by atoms with van der Waals surface area (Å²) in [5.74, 6) is -4.85. The van der Waals surface area contributed by atoms with Gasteiger partial charge in [0.15, 0.2) is 12.1 Å². The number of piperidine rings is 6. The van der Waals surface area contributed by atoms with E-state index >= 15 is 0 Å². The van der Waals surface area contributed by atoms with Gasteiger partial charge in [-0.1, -0.05) is 97.1 Å². The van der Waals surface area contributed by atoms with E-state index in [-0.39, 0.29) is 24.1 Å². The largest absolute Gasteiger partial charge is 0.490 e. The highest BCUT2D eigenvalue weighted by atomic mass is 19.4. The second kappa shape index (κ2) is 23.0. The summed E-state index contributed by atoms with van der Waals surface area (Å²) in [4.78, 5) is 48.6. The molecule has 0 aromatic heterocycles. The molecule has 0 aliphatic carbocycles. The minimum atomic E-state index is -5.08. The predicted octanol–water partition coefficient (Wildman–Crippen LogP) is 8.22. The number of benzene rings is 4. The Morgan fingerprint density at radius 3 is 1.00 bits per heavy atom. The molecule has 344 valence electrons. The molecule has 4 atom stereocenters. The smallest absolute Gasteiger partial charge is 0.475 e. The Labute approximate surface area is 366 Å². The van der Waals surface area contributed by atoms with Crippen molar-refractivity contribution in [1.29, 1.82) is 0 Å². The summed E-state index contributed by atoms with van der Waals surface area (Å²) < 4.78 is 75.4. The summed E-state index contributed by atoms with van der Waals surface area (Å²) >= 11 is 0. The summed E-state index contributed by atoms with van der Waals surface area (Å²) in [6, 6.07) is 38.3. The number of nitrogens with zero attached hydrogens (tertiary/aromatic N) is 2. The van der Waals surface area contributed by atoms with E-state index in [2.05, 4.69) is 20.4 Å².